The van der Waals surface area contributed by atoms with Crippen LogP contribution in [0.15, 0.2) is 48.5 Å². The van der Waals surface area contributed by atoms with Crippen LogP contribution < -0.4 is 5.32 Å². The Morgan fingerprint density at radius 2 is 1.69 bits per heavy atom. The first-order valence-electron chi connectivity index (χ1n) is 11.8. The Hall–Kier alpha value is -3.39. The fourth-order valence-corrected chi connectivity index (χ4v) is 5.23. The van der Waals surface area contributed by atoms with Gasteiger partial charge in [0.05, 0.1) is 12.0 Å². The number of amides is 2. The molecule has 1 saturated heterocycles. The molecule has 1 aliphatic heterocycles. The number of fused-ring (bicyclic) bond motifs is 3. The van der Waals surface area contributed by atoms with Crippen molar-refractivity contribution in [1.29, 1.82) is 0 Å². The molecule has 2 amide bonds. The van der Waals surface area contributed by atoms with Crippen LogP contribution in [-0.4, -0.2) is 66.9 Å². The summed E-state index contributed by atoms with van der Waals surface area (Å²) in [5.41, 5.74) is 1.99. The van der Waals surface area contributed by atoms with E-state index in [1.165, 1.54) is 12.0 Å². The number of aliphatic carboxylic acids is 1. The molecule has 186 valence electrons. The molecule has 0 spiro atoms. The van der Waals surface area contributed by atoms with Crippen molar-refractivity contribution in [1.82, 2.24) is 10.2 Å². The number of methoxy groups -OCH3 is 1. The molecule has 8 heteroatoms. The van der Waals surface area contributed by atoms with E-state index in [0.29, 0.717) is 0 Å². The highest BCUT2D eigenvalue weighted by Gasteiger charge is 2.51. The second-order valence-corrected chi connectivity index (χ2v) is 10.0. The molecule has 2 N–H and O–H groups in total. The first-order valence-corrected chi connectivity index (χ1v) is 11.8. The van der Waals surface area contributed by atoms with Crippen molar-refractivity contribution in [2.45, 2.75) is 32.2 Å². The van der Waals surface area contributed by atoms with E-state index in [2.05, 4.69) is 17.4 Å². The minimum atomic E-state index is -1.40. The highest BCUT2D eigenvalue weighted by molar-refractivity contribution is 5.91. The average molecular weight is 481 g/mol. The molecular formula is C27H32N2O6. The number of benzene rings is 2. The molecule has 2 aromatic carbocycles. The van der Waals surface area contributed by atoms with E-state index in [1.54, 1.807) is 13.8 Å². The maximum Gasteiger partial charge on any atom is 0.408 e. The van der Waals surface area contributed by atoms with Crippen LogP contribution in [0.3, 0.4) is 0 Å². The summed E-state index contributed by atoms with van der Waals surface area (Å²) in [4.78, 5) is 39.6. The minimum Gasteiger partial charge on any atom is -0.481 e. The summed E-state index contributed by atoms with van der Waals surface area (Å²) in [5.74, 6) is -1.68. The maximum absolute atomic E-state index is 13.4. The molecule has 4 rings (SSSR count). The first kappa shape index (κ1) is 24.7. The number of carbonyl (C=O) groups is 3. The van der Waals surface area contributed by atoms with Crippen LogP contribution in [0.4, 0.5) is 4.79 Å². The van der Waals surface area contributed by atoms with Crippen LogP contribution in [-0.2, 0) is 19.1 Å². The lowest BCUT2D eigenvalue weighted by molar-refractivity contribution is -0.149. The Labute approximate surface area is 205 Å². The van der Waals surface area contributed by atoms with Gasteiger partial charge in [-0.3, -0.25) is 9.59 Å². The normalized spacial score (nSPS) is 22.7. The monoisotopic (exact) mass is 480 g/mol. The molecule has 0 saturated carbocycles. The quantitative estimate of drug-likeness (QED) is 0.629. The van der Waals surface area contributed by atoms with E-state index < -0.39 is 28.9 Å². The molecule has 1 heterocycles. The summed E-state index contributed by atoms with van der Waals surface area (Å²) in [6, 6.07) is 16.1. The van der Waals surface area contributed by atoms with Gasteiger partial charge in [0.1, 0.15) is 12.1 Å². The van der Waals surface area contributed by atoms with Crippen LogP contribution in [0, 0.1) is 11.3 Å². The fraction of sp³-hybridized carbons (Fsp3) is 0.444. The lowest BCUT2D eigenvalue weighted by Crippen LogP contribution is -2.60. The number of nitrogens with one attached hydrogen (secondary N) is 1. The van der Waals surface area contributed by atoms with Crippen molar-refractivity contribution in [3.05, 3.63) is 59.7 Å². The smallest absolute Gasteiger partial charge is 0.408 e. The molecule has 0 bridgehead atoms. The van der Waals surface area contributed by atoms with Gasteiger partial charge in [-0.25, -0.2) is 4.79 Å². The SMILES string of the molecule is COCC(C)(NC(=O)OCC1c2ccccc2-c2ccccc21)C(=O)N1C[C@H](C)[C@@](C)(C(=O)O)C1. The Balaban J connectivity index is 1.46. The highest BCUT2D eigenvalue weighted by atomic mass is 16.5. The van der Waals surface area contributed by atoms with E-state index in [-0.39, 0.29) is 38.1 Å². The molecule has 35 heavy (non-hydrogen) atoms. The third kappa shape index (κ3) is 4.38. The van der Waals surface area contributed by atoms with Gasteiger partial charge in [0.15, 0.2) is 0 Å². The van der Waals surface area contributed by atoms with Gasteiger partial charge in [-0.1, -0.05) is 55.5 Å². The summed E-state index contributed by atoms with van der Waals surface area (Å²) < 4.78 is 10.9. The van der Waals surface area contributed by atoms with Crippen molar-refractivity contribution in [3.8, 4) is 11.1 Å². The van der Waals surface area contributed by atoms with E-state index in [0.717, 1.165) is 22.3 Å². The van der Waals surface area contributed by atoms with Gasteiger partial charge >= 0.3 is 12.1 Å². The van der Waals surface area contributed by atoms with Crippen LogP contribution >= 0.6 is 0 Å². The Kier molecular flexibility index (Phi) is 6.60. The largest absolute Gasteiger partial charge is 0.481 e. The minimum absolute atomic E-state index is 0.0635. The van der Waals surface area contributed by atoms with Crippen LogP contribution in [0.5, 0.6) is 0 Å². The molecule has 0 radical (unpaired) electrons. The fourth-order valence-electron chi connectivity index (χ4n) is 5.23. The summed E-state index contributed by atoms with van der Waals surface area (Å²) >= 11 is 0. The van der Waals surface area contributed by atoms with Gasteiger partial charge in [0.25, 0.3) is 5.91 Å². The molecule has 8 nitrogen and oxygen atoms in total. The number of ether oxygens (including phenoxy) is 2. The second-order valence-electron chi connectivity index (χ2n) is 10.0. The summed E-state index contributed by atoms with van der Waals surface area (Å²) in [5, 5.41) is 12.3. The van der Waals surface area contributed by atoms with Crippen LogP contribution in [0.25, 0.3) is 11.1 Å². The van der Waals surface area contributed by atoms with Crippen molar-refractivity contribution in [3.63, 3.8) is 0 Å². The van der Waals surface area contributed by atoms with Crippen LogP contribution in [0.2, 0.25) is 0 Å². The number of hydrogen-bond donors (Lipinski definition) is 2. The first-order chi connectivity index (χ1) is 16.6. The molecule has 1 fully saturated rings. The number of hydrogen-bond acceptors (Lipinski definition) is 5. The molecular weight excluding hydrogens is 448 g/mol. The molecule has 0 aromatic heterocycles. The third-order valence-electron chi connectivity index (χ3n) is 7.50. The zero-order chi connectivity index (χ0) is 25.4. The topological polar surface area (TPSA) is 105 Å². The lowest BCUT2D eigenvalue weighted by Gasteiger charge is -2.33. The summed E-state index contributed by atoms with van der Waals surface area (Å²) in [6.07, 6.45) is -0.729. The van der Waals surface area contributed by atoms with E-state index >= 15 is 0 Å². The number of carboxylic acid groups (broad SMARTS) is 1. The second kappa shape index (κ2) is 9.34. The van der Waals surface area contributed by atoms with Gasteiger partial charge in [-0.15, -0.1) is 0 Å². The number of carbonyl (C=O) groups excluding carboxylic acids is 2. The van der Waals surface area contributed by atoms with Gasteiger partial charge in [0.2, 0.25) is 0 Å². The summed E-state index contributed by atoms with van der Waals surface area (Å²) in [7, 11) is 1.44. The predicted octanol–water partition coefficient (Wildman–Crippen LogP) is 3.50. The Bertz CT molecular complexity index is 1100. The predicted molar refractivity (Wildman–Crippen MR) is 130 cm³/mol. The molecule has 2 aromatic rings. The number of nitrogens with zero attached hydrogens (tertiary/aromatic N) is 1. The molecule has 2 aliphatic rings. The standard InChI is InChI=1S/C27H32N2O6/c1-17-13-29(15-26(17,2)24(31)32)23(30)27(3,16-34-4)28-25(33)35-14-22-20-11-7-5-9-18(20)19-10-6-8-12-21(19)22/h5-12,17,22H,13-16H2,1-4H3,(H,28,33)(H,31,32)/t17-,26-,27?/m0/s1. The molecule has 1 unspecified atom stereocenters. The van der Waals surface area contributed by atoms with Crippen molar-refractivity contribution in [2.75, 3.05) is 33.4 Å². The van der Waals surface area contributed by atoms with Crippen molar-refractivity contribution >= 4 is 18.0 Å². The number of carboxylic acids is 1. The maximum atomic E-state index is 13.4. The Morgan fingerprint density at radius 1 is 1.11 bits per heavy atom. The number of rotatable bonds is 7. The van der Waals surface area contributed by atoms with E-state index in [9.17, 15) is 19.5 Å². The zero-order valence-corrected chi connectivity index (χ0v) is 20.5. The van der Waals surface area contributed by atoms with Crippen molar-refractivity contribution in [2.24, 2.45) is 11.3 Å². The van der Waals surface area contributed by atoms with Gasteiger partial charge < -0.3 is 24.8 Å². The van der Waals surface area contributed by atoms with Crippen molar-refractivity contribution < 1.29 is 29.0 Å². The number of likely N-dealkylation sites (tertiary alicyclic amines) is 1. The third-order valence-corrected chi connectivity index (χ3v) is 7.50. The summed E-state index contributed by atoms with van der Waals surface area (Å²) in [6.45, 7) is 5.41. The van der Waals surface area contributed by atoms with Gasteiger partial charge in [-0.05, 0) is 42.0 Å². The molecule has 1 aliphatic carbocycles. The van der Waals surface area contributed by atoms with Gasteiger partial charge in [-0.2, -0.15) is 0 Å². The zero-order valence-electron chi connectivity index (χ0n) is 20.5. The van der Waals surface area contributed by atoms with Gasteiger partial charge in [0, 0.05) is 26.1 Å². The highest BCUT2D eigenvalue weighted by Crippen LogP contribution is 2.44. The molecule has 3 atom stereocenters. The van der Waals surface area contributed by atoms with Crippen LogP contribution in [0.1, 0.15) is 37.8 Å². The van der Waals surface area contributed by atoms with E-state index in [1.807, 2.05) is 43.3 Å². The lowest BCUT2D eigenvalue weighted by atomic mass is 9.81. The average Bonchev–Trinajstić information content (AvgIpc) is 3.32. The Morgan fingerprint density at radius 3 is 2.20 bits per heavy atom. The van der Waals surface area contributed by atoms with E-state index in [4.69, 9.17) is 9.47 Å². The number of alkyl carbamates (subject to hydrolysis) is 1.